The molecule has 3 N–H and O–H groups in total. The van der Waals surface area contributed by atoms with E-state index in [2.05, 4.69) is 15.6 Å². The molecule has 1 saturated carbocycles. The monoisotopic (exact) mass is 297 g/mol. The van der Waals surface area contributed by atoms with E-state index in [0.29, 0.717) is 13.1 Å². The number of nitrogens with one attached hydrogen (secondary N) is 2. The smallest absolute Gasteiger partial charge is 0.315 e. The maximum atomic E-state index is 11.7. The fourth-order valence-electron chi connectivity index (χ4n) is 2.40. The lowest BCUT2D eigenvalue weighted by Crippen LogP contribution is -2.46. The first-order chi connectivity index (χ1) is 9.51. The Kier molecular flexibility index (Phi) is 4.59. The van der Waals surface area contributed by atoms with Crippen molar-refractivity contribution in [3.63, 3.8) is 0 Å². The molecule has 0 aromatic carbocycles. The van der Waals surface area contributed by atoms with E-state index in [-0.39, 0.29) is 17.9 Å². The number of hydrogen-bond donors (Lipinski definition) is 3. The molecule has 2 amide bonds. The molecule has 6 nitrogen and oxygen atoms in total. The number of aliphatic carboxylic acids is 1. The Bertz CT molecular complexity index is 497. The average molecular weight is 297 g/mol. The second-order valence-electron chi connectivity index (χ2n) is 5.32. The topological polar surface area (TPSA) is 91.3 Å². The third kappa shape index (κ3) is 3.69. The first kappa shape index (κ1) is 14.8. The van der Waals surface area contributed by atoms with Gasteiger partial charge in [-0.3, -0.25) is 4.79 Å². The number of carboxylic acid groups (broad SMARTS) is 1. The summed E-state index contributed by atoms with van der Waals surface area (Å²) in [5.41, 5.74) is 2.43. The van der Waals surface area contributed by atoms with Crippen molar-refractivity contribution in [2.24, 2.45) is 5.41 Å². The van der Waals surface area contributed by atoms with Crippen LogP contribution in [0.3, 0.4) is 0 Å². The Hall–Kier alpha value is -1.63. The number of rotatable bonds is 6. The molecule has 110 valence electrons. The fraction of sp³-hybridized carbons (Fsp3) is 0.615. The van der Waals surface area contributed by atoms with E-state index in [4.69, 9.17) is 5.11 Å². The van der Waals surface area contributed by atoms with Crippen molar-refractivity contribution >= 4 is 23.3 Å². The summed E-state index contributed by atoms with van der Waals surface area (Å²) >= 11 is 1.51. The van der Waals surface area contributed by atoms with E-state index < -0.39 is 5.97 Å². The number of urea groups is 1. The van der Waals surface area contributed by atoms with Gasteiger partial charge in [0.05, 0.1) is 24.2 Å². The van der Waals surface area contributed by atoms with Crippen LogP contribution in [-0.2, 0) is 11.3 Å². The van der Waals surface area contributed by atoms with Crippen LogP contribution in [0.2, 0.25) is 0 Å². The largest absolute Gasteiger partial charge is 0.481 e. The minimum Gasteiger partial charge on any atom is -0.481 e. The van der Waals surface area contributed by atoms with Crippen LogP contribution in [0.5, 0.6) is 0 Å². The summed E-state index contributed by atoms with van der Waals surface area (Å²) in [6.07, 6.45) is 2.90. The molecular formula is C13H19N3O3S. The second kappa shape index (κ2) is 6.21. The Morgan fingerprint density at radius 2 is 2.20 bits per heavy atom. The van der Waals surface area contributed by atoms with E-state index in [1.54, 1.807) is 5.51 Å². The number of hydrogen-bond acceptors (Lipinski definition) is 4. The highest BCUT2D eigenvalue weighted by molar-refractivity contribution is 7.09. The maximum absolute atomic E-state index is 11.7. The van der Waals surface area contributed by atoms with E-state index in [1.807, 2.05) is 6.92 Å². The number of carbonyl (C=O) groups excluding carboxylic acids is 1. The predicted octanol–water partition coefficient (Wildman–Crippen LogP) is 1.90. The van der Waals surface area contributed by atoms with Gasteiger partial charge in [-0.05, 0) is 25.2 Å². The van der Waals surface area contributed by atoms with Crippen molar-refractivity contribution in [3.8, 4) is 0 Å². The highest BCUT2D eigenvalue weighted by Crippen LogP contribution is 2.43. The van der Waals surface area contributed by atoms with E-state index >= 15 is 0 Å². The van der Waals surface area contributed by atoms with Gasteiger partial charge >= 0.3 is 12.0 Å². The standard InChI is InChI=1S/C13H19N3O3S/c1-9-10(20-8-16-9)6-14-12(19)15-7-13(3-2-4-13)5-11(17)18/h8H,2-7H2,1H3,(H,17,18)(H2,14,15,19). The van der Waals surface area contributed by atoms with Crippen LogP contribution in [0, 0.1) is 12.3 Å². The Morgan fingerprint density at radius 3 is 2.70 bits per heavy atom. The van der Waals surface area contributed by atoms with Crippen LogP contribution in [0.25, 0.3) is 0 Å². The molecule has 0 bridgehead atoms. The van der Waals surface area contributed by atoms with Crippen molar-refractivity contribution in [1.82, 2.24) is 15.6 Å². The number of carbonyl (C=O) groups is 2. The Labute approximate surface area is 121 Å². The van der Waals surface area contributed by atoms with E-state index in [0.717, 1.165) is 29.8 Å². The first-order valence-electron chi connectivity index (χ1n) is 6.63. The third-order valence-corrected chi connectivity index (χ3v) is 4.75. The molecule has 20 heavy (non-hydrogen) atoms. The predicted molar refractivity (Wildman–Crippen MR) is 75.6 cm³/mol. The van der Waals surface area contributed by atoms with Gasteiger partial charge in [0.25, 0.3) is 0 Å². The molecule has 1 aliphatic carbocycles. The second-order valence-corrected chi connectivity index (χ2v) is 6.26. The quantitative estimate of drug-likeness (QED) is 0.748. The summed E-state index contributed by atoms with van der Waals surface area (Å²) in [4.78, 5) is 27.7. The van der Waals surface area contributed by atoms with Crippen LogP contribution in [-0.4, -0.2) is 28.6 Å². The van der Waals surface area contributed by atoms with Crippen LogP contribution >= 0.6 is 11.3 Å². The molecule has 1 aliphatic rings. The molecule has 1 aromatic rings. The molecule has 0 spiro atoms. The summed E-state index contributed by atoms with van der Waals surface area (Å²) < 4.78 is 0. The molecule has 0 saturated heterocycles. The molecule has 0 aliphatic heterocycles. The lowest BCUT2D eigenvalue weighted by atomic mass is 9.66. The minimum absolute atomic E-state index is 0.126. The molecule has 2 rings (SSSR count). The number of nitrogens with zero attached hydrogens (tertiary/aromatic N) is 1. The highest BCUT2D eigenvalue weighted by Gasteiger charge is 2.39. The van der Waals surface area contributed by atoms with Gasteiger partial charge in [-0.25, -0.2) is 9.78 Å². The van der Waals surface area contributed by atoms with Gasteiger partial charge in [0.15, 0.2) is 0 Å². The average Bonchev–Trinajstić information content (AvgIpc) is 2.75. The van der Waals surface area contributed by atoms with Crippen LogP contribution < -0.4 is 10.6 Å². The highest BCUT2D eigenvalue weighted by atomic mass is 32.1. The van der Waals surface area contributed by atoms with Gasteiger partial charge in [-0.15, -0.1) is 11.3 Å². The Balaban J connectivity index is 1.74. The van der Waals surface area contributed by atoms with Gasteiger partial charge in [0.1, 0.15) is 0 Å². The number of thiazole rings is 1. The van der Waals surface area contributed by atoms with Crippen molar-refractivity contribution < 1.29 is 14.7 Å². The van der Waals surface area contributed by atoms with Gasteiger partial charge in [0, 0.05) is 11.4 Å². The summed E-state index contributed by atoms with van der Waals surface area (Å²) in [6, 6.07) is -0.255. The van der Waals surface area contributed by atoms with E-state index in [9.17, 15) is 9.59 Å². The summed E-state index contributed by atoms with van der Waals surface area (Å²) in [6.45, 7) is 2.78. The zero-order valence-electron chi connectivity index (χ0n) is 11.4. The van der Waals surface area contributed by atoms with Crippen molar-refractivity contribution in [3.05, 3.63) is 16.1 Å². The van der Waals surface area contributed by atoms with Gasteiger partial charge < -0.3 is 15.7 Å². The van der Waals surface area contributed by atoms with Crippen LogP contribution in [0.15, 0.2) is 5.51 Å². The van der Waals surface area contributed by atoms with Crippen molar-refractivity contribution in [1.29, 1.82) is 0 Å². The first-order valence-corrected chi connectivity index (χ1v) is 7.51. The summed E-state index contributed by atoms with van der Waals surface area (Å²) in [5, 5.41) is 14.5. The molecule has 1 aromatic heterocycles. The number of amides is 2. The molecular weight excluding hydrogens is 278 g/mol. The van der Waals surface area contributed by atoms with Gasteiger partial charge in [-0.1, -0.05) is 6.42 Å². The van der Waals surface area contributed by atoms with Gasteiger partial charge in [0.2, 0.25) is 0 Å². The van der Waals surface area contributed by atoms with Crippen LogP contribution in [0.4, 0.5) is 4.79 Å². The normalized spacial score (nSPS) is 16.2. The lowest BCUT2D eigenvalue weighted by Gasteiger charge is -2.40. The third-order valence-electron chi connectivity index (χ3n) is 3.82. The molecule has 0 unspecified atom stereocenters. The lowest BCUT2D eigenvalue weighted by molar-refractivity contribution is -0.141. The number of aryl methyl sites for hydroxylation is 1. The van der Waals surface area contributed by atoms with Gasteiger partial charge in [-0.2, -0.15) is 0 Å². The zero-order chi connectivity index (χ0) is 14.6. The molecule has 1 fully saturated rings. The summed E-state index contributed by atoms with van der Waals surface area (Å²) in [7, 11) is 0. The Morgan fingerprint density at radius 1 is 1.45 bits per heavy atom. The molecule has 0 radical (unpaired) electrons. The van der Waals surface area contributed by atoms with E-state index in [1.165, 1.54) is 11.3 Å². The zero-order valence-corrected chi connectivity index (χ0v) is 12.3. The van der Waals surface area contributed by atoms with Crippen LogP contribution in [0.1, 0.15) is 36.3 Å². The molecule has 0 atom stereocenters. The number of carboxylic acids is 1. The summed E-state index contributed by atoms with van der Waals surface area (Å²) in [5.74, 6) is -0.799. The van der Waals surface area contributed by atoms with Crippen molar-refractivity contribution in [2.45, 2.75) is 39.2 Å². The molecule has 1 heterocycles. The SMILES string of the molecule is Cc1ncsc1CNC(=O)NCC1(CC(=O)O)CCC1. The van der Waals surface area contributed by atoms with Crippen molar-refractivity contribution in [2.75, 3.05) is 6.54 Å². The molecule has 7 heteroatoms. The fourth-order valence-corrected chi connectivity index (χ4v) is 3.12. The number of aromatic nitrogens is 1. The minimum atomic E-state index is -0.799. The maximum Gasteiger partial charge on any atom is 0.315 e.